The summed E-state index contributed by atoms with van der Waals surface area (Å²) in [5.41, 5.74) is 5.46. The second-order valence-corrected chi connectivity index (χ2v) is 3.55. The van der Waals surface area contributed by atoms with Gasteiger partial charge in [0.05, 0.1) is 13.2 Å². The van der Waals surface area contributed by atoms with Crippen LogP contribution in [0.15, 0.2) is 10.6 Å². The Kier molecular flexibility index (Phi) is 1.09. The van der Waals surface area contributed by atoms with E-state index < -0.39 is 0 Å². The molecule has 4 heteroatoms. The van der Waals surface area contributed by atoms with Crippen LogP contribution < -0.4 is 5.73 Å². The third-order valence-electron chi connectivity index (χ3n) is 2.83. The van der Waals surface area contributed by atoms with Gasteiger partial charge in [-0.1, -0.05) is 5.16 Å². The maximum Gasteiger partial charge on any atom is 0.167 e. The average Bonchev–Trinajstić information content (AvgIpc) is 2.55. The molecule has 1 saturated heterocycles. The van der Waals surface area contributed by atoms with Crippen molar-refractivity contribution in [3.63, 3.8) is 0 Å². The molecule has 0 amide bonds. The van der Waals surface area contributed by atoms with Crippen LogP contribution in [0.25, 0.3) is 0 Å². The van der Waals surface area contributed by atoms with Crippen molar-refractivity contribution in [2.75, 3.05) is 18.9 Å². The Hall–Kier alpha value is -1.03. The Morgan fingerprint density at radius 1 is 1.42 bits per heavy atom. The summed E-state index contributed by atoms with van der Waals surface area (Å²) in [5.74, 6) is 3.28. The highest BCUT2D eigenvalue weighted by atomic mass is 16.5. The number of ether oxygens (including phenoxy) is 1. The number of rotatable bonds is 1. The minimum atomic E-state index is 0.482. The fourth-order valence-corrected chi connectivity index (χ4v) is 2.12. The predicted molar refractivity (Wildman–Crippen MR) is 41.5 cm³/mol. The van der Waals surface area contributed by atoms with Crippen molar-refractivity contribution in [3.8, 4) is 0 Å². The highest BCUT2D eigenvalue weighted by Gasteiger charge is 2.56. The monoisotopic (exact) mass is 166 g/mol. The van der Waals surface area contributed by atoms with Crippen LogP contribution in [-0.4, -0.2) is 18.4 Å². The summed E-state index contributed by atoms with van der Waals surface area (Å²) in [5, 5.41) is 3.67. The first kappa shape index (κ1) is 6.48. The molecule has 1 aromatic rings. The first-order valence-electron chi connectivity index (χ1n) is 4.16. The van der Waals surface area contributed by atoms with Gasteiger partial charge in [-0.05, 0) is 11.8 Å². The van der Waals surface area contributed by atoms with Gasteiger partial charge in [-0.15, -0.1) is 0 Å². The summed E-state index contributed by atoms with van der Waals surface area (Å²) in [7, 11) is 0. The minimum absolute atomic E-state index is 0.482. The number of nitrogen functional groups attached to an aromatic ring is 1. The zero-order chi connectivity index (χ0) is 8.13. The number of anilines is 1. The molecule has 1 saturated carbocycles. The first-order chi connectivity index (χ1) is 5.86. The molecule has 2 atom stereocenters. The number of hydrogen-bond acceptors (Lipinski definition) is 4. The van der Waals surface area contributed by atoms with E-state index in [1.54, 1.807) is 0 Å². The van der Waals surface area contributed by atoms with E-state index in [2.05, 4.69) is 5.16 Å². The third-order valence-corrected chi connectivity index (χ3v) is 2.83. The molecule has 1 aliphatic carbocycles. The SMILES string of the molecule is Nc1cc(C2C3COCC32)on1. The van der Waals surface area contributed by atoms with Crippen molar-refractivity contribution in [1.29, 1.82) is 0 Å². The molecule has 2 fully saturated rings. The molecule has 2 N–H and O–H groups in total. The molecule has 0 bridgehead atoms. The van der Waals surface area contributed by atoms with Gasteiger partial charge >= 0.3 is 0 Å². The molecule has 3 rings (SSSR count). The van der Waals surface area contributed by atoms with E-state index in [-0.39, 0.29) is 0 Å². The molecule has 2 unspecified atom stereocenters. The Morgan fingerprint density at radius 3 is 2.75 bits per heavy atom. The smallest absolute Gasteiger partial charge is 0.167 e. The number of nitrogens with two attached hydrogens (primary N) is 1. The molecule has 0 radical (unpaired) electrons. The highest BCUT2D eigenvalue weighted by Crippen LogP contribution is 2.57. The second kappa shape index (κ2) is 2.01. The number of fused-ring (bicyclic) bond motifs is 1. The van der Waals surface area contributed by atoms with Gasteiger partial charge in [0.1, 0.15) is 5.76 Å². The van der Waals surface area contributed by atoms with Gasteiger partial charge in [0.25, 0.3) is 0 Å². The number of nitrogens with zero attached hydrogens (tertiary/aromatic N) is 1. The van der Waals surface area contributed by atoms with E-state index >= 15 is 0 Å². The van der Waals surface area contributed by atoms with Crippen molar-refractivity contribution < 1.29 is 9.26 Å². The molecule has 64 valence electrons. The summed E-state index contributed by atoms with van der Waals surface area (Å²) >= 11 is 0. The summed E-state index contributed by atoms with van der Waals surface area (Å²) in [4.78, 5) is 0. The molecule has 1 aromatic heterocycles. The standard InChI is InChI=1S/C8H10N2O2/c9-7-1-6(12-10-7)8-4-2-11-3-5(4)8/h1,4-5,8H,2-3H2,(H2,9,10). The van der Waals surface area contributed by atoms with Gasteiger partial charge in [-0.25, -0.2) is 0 Å². The lowest BCUT2D eigenvalue weighted by Crippen LogP contribution is -1.95. The van der Waals surface area contributed by atoms with Crippen LogP contribution in [0, 0.1) is 11.8 Å². The van der Waals surface area contributed by atoms with Crippen LogP contribution >= 0.6 is 0 Å². The van der Waals surface area contributed by atoms with Gasteiger partial charge in [-0.3, -0.25) is 0 Å². The van der Waals surface area contributed by atoms with E-state index in [0.717, 1.165) is 19.0 Å². The lowest BCUT2D eigenvalue weighted by Gasteiger charge is -1.97. The molecule has 12 heavy (non-hydrogen) atoms. The largest absolute Gasteiger partial charge is 0.381 e. The molecule has 0 spiro atoms. The molecule has 2 heterocycles. The van der Waals surface area contributed by atoms with Crippen LogP contribution in [0.4, 0.5) is 5.82 Å². The van der Waals surface area contributed by atoms with E-state index in [1.807, 2.05) is 6.07 Å². The van der Waals surface area contributed by atoms with Gasteiger partial charge in [0.2, 0.25) is 0 Å². The maximum absolute atomic E-state index is 5.46. The predicted octanol–water partition coefficient (Wildman–Crippen LogP) is 0.617. The summed E-state index contributed by atoms with van der Waals surface area (Å²) in [6, 6.07) is 1.82. The molecule has 2 aliphatic rings. The highest BCUT2D eigenvalue weighted by molar-refractivity contribution is 5.32. The Morgan fingerprint density at radius 2 is 2.17 bits per heavy atom. The van der Waals surface area contributed by atoms with Crippen LogP contribution in [-0.2, 0) is 4.74 Å². The Balaban J connectivity index is 1.84. The average molecular weight is 166 g/mol. The van der Waals surface area contributed by atoms with Gasteiger partial charge in [0, 0.05) is 12.0 Å². The van der Waals surface area contributed by atoms with Crippen LogP contribution in [0.3, 0.4) is 0 Å². The minimum Gasteiger partial charge on any atom is -0.381 e. The third kappa shape index (κ3) is 0.728. The van der Waals surface area contributed by atoms with Gasteiger partial charge < -0.3 is 15.0 Å². The zero-order valence-corrected chi connectivity index (χ0v) is 6.56. The van der Waals surface area contributed by atoms with Crippen molar-refractivity contribution >= 4 is 5.82 Å². The maximum atomic E-state index is 5.46. The van der Waals surface area contributed by atoms with E-state index in [9.17, 15) is 0 Å². The topological polar surface area (TPSA) is 61.3 Å². The molecule has 1 aliphatic heterocycles. The van der Waals surface area contributed by atoms with Crippen molar-refractivity contribution in [2.24, 2.45) is 11.8 Å². The van der Waals surface area contributed by atoms with Gasteiger partial charge in [-0.2, -0.15) is 0 Å². The Bertz CT molecular complexity index is 300. The van der Waals surface area contributed by atoms with Crippen LogP contribution in [0.2, 0.25) is 0 Å². The first-order valence-corrected chi connectivity index (χ1v) is 4.16. The molecular formula is C8H10N2O2. The Labute approximate surface area is 69.7 Å². The second-order valence-electron chi connectivity index (χ2n) is 3.55. The fraction of sp³-hybridized carbons (Fsp3) is 0.625. The molecular weight excluding hydrogens is 156 g/mol. The zero-order valence-electron chi connectivity index (χ0n) is 6.56. The number of aromatic nitrogens is 1. The normalized spacial score (nSPS) is 38.2. The van der Waals surface area contributed by atoms with E-state index in [4.69, 9.17) is 15.0 Å². The van der Waals surface area contributed by atoms with Crippen LogP contribution in [0.1, 0.15) is 11.7 Å². The van der Waals surface area contributed by atoms with E-state index in [0.29, 0.717) is 23.6 Å². The summed E-state index contributed by atoms with van der Waals surface area (Å²) < 4.78 is 10.4. The molecule has 0 aromatic carbocycles. The fourth-order valence-electron chi connectivity index (χ4n) is 2.12. The van der Waals surface area contributed by atoms with Crippen molar-refractivity contribution in [3.05, 3.63) is 11.8 Å². The summed E-state index contributed by atoms with van der Waals surface area (Å²) in [6.45, 7) is 1.74. The van der Waals surface area contributed by atoms with E-state index in [1.165, 1.54) is 0 Å². The van der Waals surface area contributed by atoms with Crippen molar-refractivity contribution in [1.82, 2.24) is 5.16 Å². The van der Waals surface area contributed by atoms with Crippen LogP contribution in [0.5, 0.6) is 0 Å². The van der Waals surface area contributed by atoms with Gasteiger partial charge in [0.15, 0.2) is 5.82 Å². The summed E-state index contributed by atoms with van der Waals surface area (Å²) in [6.07, 6.45) is 0. The lowest BCUT2D eigenvalue weighted by atomic mass is 10.2. The number of hydrogen-bond donors (Lipinski definition) is 1. The van der Waals surface area contributed by atoms with Crippen molar-refractivity contribution in [2.45, 2.75) is 5.92 Å². The quantitative estimate of drug-likeness (QED) is 0.664. The lowest BCUT2D eigenvalue weighted by molar-refractivity contribution is 0.156. The molecule has 4 nitrogen and oxygen atoms in total.